The van der Waals surface area contributed by atoms with E-state index in [2.05, 4.69) is 33.0 Å². The first kappa shape index (κ1) is 13.0. The van der Waals surface area contributed by atoms with E-state index in [-0.39, 0.29) is 0 Å². The van der Waals surface area contributed by atoms with Gasteiger partial charge >= 0.3 is 0 Å². The molecule has 0 aliphatic heterocycles. The maximum atomic E-state index is 3.82. The Balaban J connectivity index is 1.76. The second kappa shape index (κ2) is 3.98. The molecule has 3 atom stereocenters. The maximum absolute atomic E-state index is 3.82. The molecule has 4 rings (SSSR count). The van der Waals surface area contributed by atoms with Gasteiger partial charge in [0.25, 0.3) is 0 Å². The summed E-state index contributed by atoms with van der Waals surface area (Å²) in [6.07, 6.45) is 10.3. The minimum absolute atomic E-state index is 0.645. The van der Waals surface area contributed by atoms with Crippen LogP contribution in [0.2, 0.25) is 0 Å². The lowest BCUT2D eigenvalue weighted by Crippen LogP contribution is -2.58. The molecule has 0 aromatic rings. The molecule has 0 aromatic carbocycles. The zero-order valence-electron chi connectivity index (χ0n) is 12.8. The Morgan fingerprint density at radius 3 is 2.17 bits per heavy atom. The molecular formula is C17H31N. The zero-order valence-corrected chi connectivity index (χ0v) is 12.8. The Kier molecular flexibility index (Phi) is 2.86. The second-order valence-electron chi connectivity index (χ2n) is 8.82. The lowest BCUT2D eigenvalue weighted by Gasteiger charge is -2.65. The van der Waals surface area contributed by atoms with Crippen molar-refractivity contribution in [1.82, 2.24) is 5.32 Å². The molecule has 0 radical (unpaired) electrons. The van der Waals surface area contributed by atoms with Crippen molar-refractivity contribution in [3.8, 4) is 0 Å². The molecule has 4 aliphatic rings. The summed E-state index contributed by atoms with van der Waals surface area (Å²) in [6.45, 7) is 11.1. The van der Waals surface area contributed by atoms with Crippen LogP contribution in [0.4, 0.5) is 0 Å². The average Bonchev–Trinajstić information content (AvgIpc) is 2.21. The molecule has 0 aromatic heterocycles. The van der Waals surface area contributed by atoms with Gasteiger partial charge in [-0.1, -0.05) is 20.8 Å². The Labute approximate surface area is 113 Å². The minimum Gasteiger partial charge on any atom is -0.314 e. The fourth-order valence-corrected chi connectivity index (χ4v) is 6.42. The van der Waals surface area contributed by atoms with Crippen LogP contribution in [0.3, 0.4) is 0 Å². The number of hydrogen-bond donors (Lipinski definition) is 1. The first-order valence-electron chi connectivity index (χ1n) is 8.10. The van der Waals surface area contributed by atoms with E-state index in [0.717, 1.165) is 5.92 Å². The van der Waals surface area contributed by atoms with Crippen molar-refractivity contribution in [2.45, 2.75) is 78.7 Å². The normalized spacial score (nSPS) is 51.7. The molecular weight excluding hydrogens is 218 g/mol. The van der Waals surface area contributed by atoms with Gasteiger partial charge in [-0.3, -0.25) is 0 Å². The first-order valence-corrected chi connectivity index (χ1v) is 8.10. The van der Waals surface area contributed by atoms with Gasteiger partial charge in [0.05, 0.1) is 0 Å². The van der Waals surface area contributed by atoms with Crippen LogP contribution in [-0.2, 0) is 0 Å². The van der Waals surface area contributed by atoms with Crippen LogP contribution in [0.5, 0.6) is 0 Å². The third-order valence-corrected chi connectivity index (χ3v) is 6.18. The van der Waals surface area contributed by atoms with Gasteiger partial charge in [0.1, 0.15) is 0 Å². The number of hydrogen-bond acceptors (Lipinski definition) is 1. The standard InChI is InChI=1S/C17H31N/c1-5-13(2)18-12-17-8-14-6-15(3,10-17)9-16(4,7-14)11-17/h13-14,18H,5-12H2,1-4H3. The summed E-state index contributed by atoms with van der Waals surface area (Å²) in [6, 6.07) is 0.693. The van der Waals surface area contributed by atoms with Crippen LogP contribution in [0.15, 0.2) is 0 Å². The Morgan fingerprint density at radius 1 is 1.06 bits per heavy atom. The van der Waals surface area contributed by atoms with Crippen molar-refractivity contribution in [3.63, 3.8) is 0 Å². The molecule has 1 N–H and O–H groups in total. The molecule has 4 bridgehead atoms. The summed E-state index contributed by atoms with van der Waals surface area (Å²) in [7, 11) is 0. The van der Waals surface area contributed by atoms with Gasteiger partial charge < -0.3 is 5.32 Å². The second-order valence-corrected chi connectivity index (χ2v) is 8.82. The maximum Gasteiger partial charge on any atom is 0.00363 e. The third-order valence-electron chi connectivity index (χ3n) is 6.18. The van der Waals surface area contributed by atoms with E-state index >= 15 is 0 Å². The molecule has 0 saturated heterocycles. The number of rotatable bonds is 4. The Bertz CT molecular complexity index is 317. The van der Waals surface area contributed by atoms with Crippen LogP contribution < -0.4 is 5.32 Å². The lowest BCUT2D eigenvalue weighted by atomic mass is 9.40. The Morgan fingerprint density at radius 2 is 1.67 bits per heavy atom. The molecule has 1 nitrogen and oxygen atoms in total. The van der Waals surface area contributed by atoms with Gasteiger partial charge in [-0.25, -0.2) is 0 Å². The minimum atomic E-state index is 0.645. The molecule has 4 aliphatic carbocycles. The zero-order chi connectivity index (χ0) is 13.0. The van der Waals surface area contributed by atoms with Crippen LogP contribution >= 0.6 is 0 Å². The van der Waals surface area contributed by atoms with Crippen molar-refractivity contribution in [2.75, 3.05) is 6.54 Å². The molecule has 3 unspecified atom stereocenters. The van der Waals surface area contributed by atoms with Crippen molar-refractivity contribution in [1.29, 1.82) is 0 Å². The van der Waals surface area contributed by atoms with Gasteiger partial charge in [-0.05, 0) is 74.0 Å². The highest BCUT2D eigenvalue weighted by Crippen LogP contribution is 2.69. The van der Waals surface area contributed by atoms with Crippen LogP contribution in [-0.4, -0.2) is 12.6 Å². The van der Waals surface area contributed by atoms with E-state index in [0.29, 0.717) is 22.3 Å². The highest BCUT2D eigenvalue weighted by molar-refractivity contribution is 5.10. The van der Waals surface area contributed by atoms with Crippen LogP contribution in [0.25, 0.3) is 0 Å². The predicted molar refractivity (Wildman–Crippen MR) is 77.6 cm³/mol. The summed E-state index contributed by atoms with van der Waals surface area (Å²) in [5.41, 5.74) is 1.99. The average molecular weight is 249 g/mol. The largest absolute Gasteiger partial charge is 0.314 e. The molecule has 0 amide bonds. The summed E-state index contributed by atoms with van der Waals surface area (Å²) in [5, 5.41) is 3.82. The molecule has 104 valence electrons. The summed E-state index contributed by atoms with van der Waals surface area (Å²) in [4.78, 5) is 0. The smallest absolute Gasteiger partial charge is 0.00363 e. The lowest BCUT2D eigenvalue weighted by molar-refractivity contribution is -0.143. The van der Waals surface area contributed by atoms with Crippen molar-refractivity contribution in [3.05, 3.63) is 0 Å². The van der Waals surface area contributed by atoms with E-state index in [1.54, 1.807) is 0 Å². The summed E-state index contributed by atoms with van der Waals surface area (Å²) in [5.74, 6) is 1.04. The van der Waals surface area contributed by atoms with Gasteiger partial charge in [0.2, 0.25) is 0 Å². The fraction of sp³-hybridized carbons (Fsp3) is 1.00. The van der Waals surface area contributed by atoms with Gasteiger partial charge in [-0.2, -0.15) is 0 Å². The fourth-order valence-electron chi connectivity index (χ4n) is 6.42. The van der Waals surface area contributed by atoms with Gasteiger partial charge in [0, 0.05) is 12.6 Å². The monoisotopic (exact) mass is 249 g/mol. The first-order chi connectivity index (χ1) is 8.36. The van der Waals surface area contributed by atoms with E-state index in [4.69, 9.17) is 0 Å². The molecule has 4 saturated carbocycles. The molecule has 4 fully saturated rings. The molecule has 1 heteroatoms. The number of nitrogens with one attached hydrogen (secondary N) is 1. The van der Waals surface area contributed by atoms with Crippen molar-refractivity contribution in [2.24, 2.45) is 22.2 Å². The highest BCUT2D eigenvalue weighted by Gasteiger charge is 2.59. The summed E-state index contributed by atoms with van der Waals surface area (Å²) < 4.78 is 0. The van der Waals surface area contributed by atoms with E-state index in [1.165, 1.54) is 51.5 Å². The van der Waals surface area contributed by atoms with E-state index < -0.39 is 0 Å². The summed E-state index contributed by atoms with van der Waals surface area (Å²) >= 11 is 0. The predicted octanol–water partition coefficient (Wildman–Crippen LogP) is 4.37. The van der Waals surface area contributed by atoms with E-state index in [9.17, 15) is 0 Å². The quantitative estimate of drug-likeness (QED) is 0.780. The molecule has 0 spiro atoms. The SMILES string of the molecule is CCC(C)NCC12CC3CC(C)(CC(C)(C3)C1)C2. The molecule has 18 heavy (non-hydrogen) atoms. The van der Waals surface area contributed by atoms with Crippen LogP contribution in [0.1, 0.15) is 72.6 Å². The van der Waals surface area contributed by atoms with E-state index in [1.807, 2.05) is 0 Å². The van der Waals surface area contributed by atoms with Gasteiger partial charge in [0.15, 0.2) is 0 Å². The van der Waals surface area contributed by atoms with Gasteiger partial charge in [-0.15, -0.1) is 0 Å². The molecule has 0 heterocycles. The van der Waals surface area contributed by atoms with Crippen molar-refractivity contribution < 1.29 is 0 Å². The third kappa shape index (κ3) is 2.13. The Hall–Kier alpha value is -0.0400. The van der Waals surface area contributed by atoms with Crippen molar-refractivity contribution >= 4 is 0 Å². The highest BCUT2D eigenvalue weighted by atomic mass is 14.9. The topological polar surface area (TPSA) is 12.0 Å². The van der Waals surface area contributed by atoms with Crippen LogP contribution in [0, 0.1) is 22.2 Å².